The average Bonchev–Trinajstić information content (AvgIpc) is 2.42. The van der Waals surface area contributed by atoms with Crippen molar-refractivity contribution in [1.29, 1.82) is 0 Å². The van der Waals surface area contributed by atoms with Crippen molar-refractivity contribution in [2.45, 2.75) is 46.5 Å². The number of ketones is 1. The minimum atomic E-state index is -0.810. The lowest BCUT2D eigenvalue weighted by molar-refractivity contribution is -0.140. The van der Waals surface area contributed by atoms with E-state index >= 15 is 0 Å². The van der Waals surface area contributed by atoms with Crippen molar-refractivity contribution in [3.05, 3.63) is 24.0 Å². The Morgan fingerprint density at radius 3 is 2.70 bits per heavy atom. The first kappa shape index (κ1) is 18.9. The van der Waals surface area contributed by atoms with E-state index in [2.05, 4.69) is 11.7 Å². The van der Waals surface area contributed by atoms with E-state index in [0.29, 0.717) is 12.1 Å². The van der Waals surface area contributed by atoms with Gasteiger partial charge in [0.25, 0.3) is 0 Å². The number of aliphatic hydroxyl groups excluding tert-OH is 1. The zero-order chi connectivity index (χ0) is 17.5. The van der Waals surface area contributed by atoms with Crippen LogP contribution < -0.4 is 0 Å². The monoisotopic (exact) mass is 323 g/mol. The second-order valence-corrected chi connectivity index (χ2v) is 6.33. The van der Waals surface area contributed by atoms with Crippen LogP contribution in [0.3, 0.4) is 0 Å². The maximum absolute atomic E-state index is 12.1. The zero-order valence-electron chi connectivity index (χ0n) is 14.1. The first-order valence-electron chi connectivity index (χ1n) is 7.71. The number of carbonyl (C=O) groups excluding carboxylic acids is 2. The summed E-state index contributed by atoms with van der Waals surface area (Å²) >= 11 is 0. The summed E-state index contributed by atoms with van der Waals surface area (Å²) in [5.41, 5.74) is -0.0308. The van der Waals surface area contributed by atoms with Gasteiger partial charge in [-0.15, -0.1) is 0 Å². The van der Waals surface area contributed by atoms with Gasteiger partial charge in [-0.2, -0.15) is 0 Å². The lowest BCUT2D eigenvalue weighted by atomic mass is 9.76. The minimum absolute atomic E-state index is 0.0722. The Balaban J connectivity index is 2.72. The Labute approximate surface area is 136 Å². The Bertz CT molecular complexity index is 531. The first-order chi connectivity index (χ1) is 10.8. The van der Waals surface area contributed by atoms with Gasteiger partial charge in [0.15, 0.2) is 5.78 Å². The van der Waals surface area contributed by atoms with Gasteiger partial charge < -0.3 is 14.7 Å². The molecule has 0 aliphatic heterocycles. The summed E-state index contributed by atoms with van der Waals surface area (Å²) in [5, 5.41) is 13.9. The Kier molecular flexibility index (Phi) is 7.00. The van der Waals surface area contributed by atoms with Gasteiger partial charge in [0, 0.05) is 12.8 Å². The van der Waals surface area contributed by atoms with E-state index in [0.717, 1.165) is 6.42 Å². The van der Waals surface area contributed by atoms with E-state index in [1.54, 1.807) is 6.08 Å². The molecule has 0 radical (unpaired) electrons. The van der Waals surface area contributed by atoms with Gasteiger partial charge in [-0.3, -0.25) is 4.79 Å². The summed E-state index contributed by atoms with van der Waals surface area (Å²) in [6.45, 7) is 9.41. The molecule has 0 bridgehead atoms. The van der Waals surface area contributed by atoms with Crippen LogP contribution in [0.15, 0.2) is 29.1 Å². The summed E-state index contributed by atoms with van der Waals surface area (Å²) in [6, 6.07) is 0. The molecule has 0 aromatic carbocycles. The van der Waals surface area contributed by atoms with Gasteiger partial charge in [-0.1, -0.05) is 45.0 Å². The lowest BCUT2D eigenvalue weighted by Gasteiger charge is -2.28. The van der Waals surface area contributed by atoms with Gasteiger partial charge in [0.05, 0.1) is 5.71 Å². The first-order valence-corrected chi connectivity index (χ1v) is 7.71. The number of hydrogen-bond donors (Lipinski definition) is 1. The molecule has 1 N–H and O–H groups in total. The highest BCUT2D eigenvalue weighted by molar-refractivity contribution is 6.18. The molecule has 1 aliphatic rings. The molecule has 0 atom stereocenters. The van der Waals surface area contributed by atoms with Crippen molar-refractivity contribution in [2.24, 2.45) is 10.6 Å². The molecule has 0 unspecified atom stereocenters. The zero-order valence-corrected chi connectivity index (χ0v) is 14.1. The topological polar surface area (TPSA) is 85.2 Å². The second kappa shape index (κ2) is 8.50. The molecule has 23 heavy (non-hydrogen) atoms. The third-order valence-corrected chi connectivity index (χ3v) is 3.35. The van der Waals surface area contributed by atoms with Crippen molar-refractivity contribution in [3.63, 3.8) is 0 Å². The highest BCUT2D eigenvalue weighted by Crippen LogP contribution is 2.35. The Morgan fingerprint density at radius 2 is 2.13 bits per heavy atom. The van der Waals surface area contributed by atoms with Crippen LogP contribution in [0.5, 0.6) is 0 Å². The maximum Gasteiger partial charge on any atom is 0.345 e. The molecule has 0 saturated heterocycles. The predicted molar refractivity (Wildman–Crippen MR) is 87.1 cm³/mol. The number of nitrogens with zero attached hydrogens (tertiary/aromatic N) is 1. The quantitative estimate of drug-likeness (QED) is 0.185. The van der Waals surface area contributed by atoms with E-state index in [-0.39, 0.29) is 48.6 Å². The third-order valence-electron chi connectivity index (χ3n) is 3.35. The standard InChI is InChI=1S/C17H25NO5/c1-5-7-12(18-23-8-6-2)11-22-16(21)15-13(19)9-17(3,4)10-14(15)20/h6,19H,2,5,7-11H2,1,3-4H3. The summed E-state index contributed by atoms with van der Waals surface area (Å²) in [7, 11) is 0. The number of aliphatic hydroxyl groups is 1. The smallest absolute Gasteiger partial charge is 0.345 e. The van der Waals surface area contributed by atoms with E-state index in [1.165, 1.54) is 0 Å². The summed E-state index contributed by atoms with van der Waals surface area (Å²) < 4.78 is 5.12. The van der Waals surface area contributed by atoms with E-state index < -0.39 is 5.97 Å². The van der Waals surface area contributed by atoms with Crippen molar-refractivity contribution >= 4 is 17.5 Å². The normalized spacial score (nSPS) is 17.9. The molecule has 128 valence electrons. The number of hydrogen-bond acceptors (Lipinski definition) is 6. The SMILES string of the molecule is C=CCON=C(CCC)COC(=O)C1=C(O)CC(C)(C)CC1=O. The molecule has 0 saturated carbocycles. The van der Waals surface area contributed by atoms with Crippen molar-refractivity contribution in [3.8, 4) is 0 Å². The van der Waals surface area contributed by atoms with Gasteiger partial charge in [0.2, 0.25) is 0 Å². The average molecular weight is 323 g/mol. The molecule has 0 heterocycles. The third kappa shape index (κ3) is 5.88. The number of Topliss-reactive ketones (excluding diaryl/α,β-unsaturated/α-hetero) is 1. The maximum atomic E-state index is 12.1. The largest absolute Gasteiger partial charge is 0.511 e. The molecular formula is C17H25NO5. The van der Waals surface area contributed by atoms with Crippen molar-refractivity contribution in [1.82, 2.24) is 0 Å². The molecule has 0 spiro atoms. The molecule has 0 aromatic heterocycles. The number of esters is 1. The summed E-state index contributed by atoms with van der Waals surface area (Å²) in [6.07, 6.45) is 3.47. The van der Waals surface area contributed by atoms with Gasteiger partial charge in [0.1, 0.15) is 24.5 Å². The fourth-order valence-corrected chi connectivity index (χ4v) is 2.35. The molecule has 0 fully saturated rings. The van der Waals surface area contributed by atoms with E-state index in [9.17, 15) is 14.7 Å². The molecule has 6 nitrogen and oxygen atoms in total. The number of oxime groups is 1. The van der Waals surface area contributed by atoms with Crippen LogP contribution in [-0.4, -0.2) is 35.8 Å². The van der Waals surface area contributed by atoms with Crippen LogP contribution in [0, 0.1) is 5.41 Å². The Morgan fingerprint density at radius 1 is 1.43 bits per heavy atom. The predicted octanol–water partition coefficient (Wildman–Crippen LogP) is 3.09. The van der Waals surface area contributed by atoms with Crippen LogP contribution in [0.1, 0.15) is 46.5 Å². The Hall–Kier alpha value is -2.11. The fourth-order valence-electron chi connectivity index (χ4n) is 2.35. The molecule has 1 rings (SSSR count). The molecule has 1 aliphatic carbocycles. The van der Waals surface area contributed by atoms with Crippen molar-refractivity contribution < 1.29 is 24.3 Å². The minimum Gasteiger partial charge on any atom is -0.511 e. The van der Waals surface area contributed by atoms with Gasteiger partial charge in [-0.05, 0) is 11.8 Å². The highest BCUT2D eigenvalue weighted by Gasteiger charge is 2.37. The number of carbonyl (C=O) groups is 2. The number of rotatable bonds is 8. The van der Waals surface area contributed by atoms with Crippen LogP contribution in [0.4, 0.5) is 0 Å². The second-order valence-electron chi connectivity index (χ2n) is 6.33. The lowest BCUT2D eigenvalue weighted by Crippen LogP contribution is -2.30. The molecule has 0 aromatic rings. The molecule has 0 amide bonds. The van der Waals surface area contributed by atoms with Crippen LogP contribution in [-0.2, 0) is 19.2 Å². The van der Waals surface area contributed by atoms with Gasteiger partial charge >= 0.3 is 5.97 Å². The summed E-state index contributed by atoms with van der Waals surface area (Å²) in [4.78, 5) is 29.1. The summed E-state index contributed by atoms with van der Waals surface area (Å²) in [5.74, 6) is -1.40. The van der Waals surface area contributed by atoms with Crippen LogP contribution >= 0.6 is 0 Å². The van der Waals surface area contributed by atoms with Crippen LogP contribution in [0.25, 0.3) is 0 Å². The van der Waals surface area contributed by atoms with E-state index in [4.69, 9.17) is 9.57 Å². The van der Waals surface area contributed by atoms with E-state index in [1.807, 2.05) is 20.8 Å². The molecular weight excluding hydrogens is 298 g/mol. The number of allylic oxidation sites excluding steroid dienone is 1. The van der Waals surface area contributed by atoms with Crippen LogP contribution in [0.2, 0.25) is 0 Å². The number of ether oxygens (including phenoxy) is 1. The van der Waals surface area contributed by atoms with Crippen molar-refractivity contribution in [2.75, 3.05) is 13.2 Å². The molecule has 6 heteroatoms. The fraction of sp³-hybridized carbons (Fsp3) is 0.588. The van der Waals surface area contributed by atoms with Gasteiger partial charge in [-0.25, -0.2) is 4.79 Å². The highest BCUT2D eigenvalue weighted by atomic mass is 16.6.